The molecule has 120 valence electrons. The van der Waals surface area contributed by atoms with Crippen LogP contribution in [0.25, 0.3) is 0 Å². The van der Waals surface area contributed by atoms with Gasteiger partial charge in [0.05, 0.1) is 6.42 Å². The number of carbonyl (C=O) groups is 1. The van der Waals surface area contributed by atoms with Crippen LogP contribution in [0.2, 0.25) is 0 Å². The third-order valence-electron chi connectivity index (χ3n) is 4.14. The first-order chi connectivity index (χ1) is 11.0. The van der Waals surface area contributed by atoms with E-state index >= 15 is 0 Å². The molecule has 0 aromatic heterocycles. The minimum absolute atomic E-state index is 0.0138. The zero-order chi connectivity index (χ0) is 16.4. The van der Waals surface area contributed by atoms with Crippen molar-refractivity contribution in [2.24, 2.45) is 0 Å². The Morgan fingerprint density at radius 2 is 1.83 bits per heavy atom. The largest absolute Gasteiger partial charge is 0.335 e. The summed E-state index contributed by atoms with van der Waals surface area (Å²) in [7, 11) is 0. The summed E-state index contributed by atoms with van der Waals surface area (Å²) in [6.07, 6.45) is 2.20. The molecule has 2 aromatic rings. The van der Waals surface area contributed by atoms with Crippen molar-refractivity contribution in [3.05, 3.63) is 70.8 Å². The minimum atomic E-state index is -0.602. The van der Waals surface area contributed by atoms with Crippen LogP contribution in [0.15, 0.2) is 42.5 Å². The molecule has 2 nitrogen and oxygen atoms in total. The average molecular weight is 315 g/mol. The normalized spacial score (nSPS) is 13.9. The Morgan fingerprint density at radius 1 is 1.13 bits per heavy atom. The van der Waals surface area contributed by atoms with Crippen molar-refractivity contribution in [2.45, 2.75) is 38.8 Å². The van der Waals surface area contributed by atoms with Gasteiger partial charge in [0, 0.05) is 24.2 Å². The quantitative estimate of drug-likeness (QED) is 0.816. The molecular formula is C19H19F2NO. The summed E-state index contributed by atoms with van der Waals surface area (Å²) in [5, 5.41) is 0. The Labute approximate surface area is 134 Å². The molecule has 23 heavy (non-hydrogen) atoms. The summed E-state index contributed by atoms with van der Waals surface area (Å²) in [4.78, 5) is 14.3. The van der Waals surface area contributed by atoms with Gasteiger partial charge in [0.15, 0.2) is 0 Å². The van der Waals surface area contributed by atoms with Crippen LogP contribution >= 0.6 is 0 Å². The van der Waals surface area contributed by atoms with E-state index in [1.54, 1.807) is 4.90 Å². The minimum Gasteiger partial charge on any atom is -0.335 e. The first kappa shape index (κ1) is 15.7. The third-order valence-corrected chi connectivity index (χ3v) is 4.14. The Hall–Kier alpha value is -2.23. The lowest BCUT2D eigenvalue weighted by Gasteiger charge is -2.23. The first-order valence-electron chi connectivity index (χ1n) is 7.82. The summed E-state index contributed by atoms with van der Waals surface area (Å²) in [5.41, 5.74) is 2.45. The number of rotatable bonds is 5. The molecule has 4 heteroatoms. The monoisotopic (exact) mass is 315 g/mol. The standard InChI is InChI=1S/C19H19F2NO/c1-13-2-4-14(5-3-13)10-19(23)22(17-8-9-17)12-15-6-7-16(20)11-18(15)21/h2-7,11,17H,8-10,12H2,1H3. The molecule has 0 radical (unpaired) electrons. The van der Waals surface area contributed by atoms with Gasteiger partial charge in [-0.1, -0.05) is 35.9 Å². The fraction of sp³-hybridized carbons (Fsp3) is 0.316. The molecule has 0 unspecified atom stereocenters. The van der Waals surface area contributed by atoms with Crippen LogP contribution in [0.3, 0.4) is 0 Å². The Morgan fingerprint density at radius 3 is 2.43 bits per heavy atom. The second-order valence-corrected chi connectivity index (χ2v) is 6.15. The van der Waals surface area contributed by atoms with E-state index in [9.17, 15) is 13.6 Å². The van der Waals surface area contributed by atoms with Crippen LogP contribution in [-0.2, 0) is 17.8 Å². The highest BCUT2D eigenvalue weighted by molar-refractivity contribution is 5.79. The Balaban J connectivity index is 1.73. The second-order valence-electron chi connectivity index (χ2n) is 6.15. The zero-order valence-electron chi connectivity index (χ0n) is 13.1. The maximum atomic E-state index is 13.9. The highest BCUT2D eigenvalue weighted by atomic mass is 19.1. The number of benzene rings is 2. The molecule has 1 aliphatic rings. The van der Waals surface area contributed by atoms with Crippen LogP contribution in [-0.4, -0.2) is 16.8 Å². The Kier molecular flexibility index (Phi) is 4.42. The maximum Gasteiger partial charge on any atom is 0.227 e. The smallest absolute Gasteiger partial charge is 0.227 e. The number of hydrogen-bond donors (Lipinski definition) is 0. The molecule has 2 aromatic carbocycles. The summed E-state index contributed by atoms with van der Waals surface area (Å²) >= 11 is 0. The molecule has 0 N–H and O–H groups in total. The molecule has 0 saturated heterocycles. The van der Waals surface area contributed by atoms with Crippen molar-refractivity contribution >= 4 is 5.91 Å². The predicted molar refractivity (Wildman–Crippen MR) is 84.8 cm³/mol. The lowest BCUT2D eigenvalue weighted by Crippen LogP contribution is -2.34. The van der Waals surface area contributed by atoms with Crippen LogP contribution < -0.4 is 0 Å². The molecule has 0 bridgehead atoms. The van der Waals surface area contributed by atoms with E-state index in [4.69, 9.17) is 0 Å². The topological polar surface area (TPSA) is 20.3 Å². The van der Waals surface area contributed by atoms with Gasteiger partial charge < -0.3 is 4.90 Å². The highest BCUT2D eigenvalue weighted by Gasteiger charge is 2.32. The molecule has 0 atom stereocenters. The maximum absolute atomic E-state index is 13.9. The van der Waals surface area contributed by atoms with E-state index in [-0.39, 0.29) is 18.5 Å². The predicted octanol–water partition coefficient (Wildman–Crippen LogP) is 4.01. The average Bonchev–Trinajstić information content (AvgIpc) is 3.33. The van der Waals surface area contributed by atoms with E-state index in [1.807, 2.05) is 31.2 Å². The van der Waals surface area contributed by atoms with Crippen molar-refractivity contribution in [1.29, 1.82) is 0 Å². The van der Waals surface area contributed by atoms with Gasteiger partial charge >= 0.3 is 0 Å². The van der Waals surface area contributed by atoms with E-state index in [0.29, 0.717) is 12.0 Å². The summed E-state index contributed by atoms with van der Waals surface area (Å²) in [6.45, 7) is 2.20. The lowest BCUT2D eigenvalue weighted by molar-refractivity contribution is -0.131. The fourth-order valence-electron chi connectivity index (χ4n) is 2.62. The fourth-order valence-corrected chi connectivity index (χ4v) is 2.62. The van der Waals surface area contributed by atoms with Gasteiger partial charge in [0.1, 0.15) is 11.6 Å². The molecular weight excluding hydrogens is 296 g/mol. The van der Waals surface area contributed by atoms with Crippen molar-refractivity contribution in [3.8, 4) is 0 Å². The number of halogens is 2. The third kappa shape index (κ3) is 3.95. The second kappa shape index (κ2) is 6.49. The Bertz CT molecular complexity index is 708. The van der Waals surface area contributed by atoms with Gasteiger partial charge in [-0.2, -0.15) is 0 Å². The number of aryl methyl sites for hydroxylation is 1. The molecule has 0 spiro atoms. The molecule has 1 saturated carbocycles. The molecule has 0 aliphatic heterocycles. The van der Waals surface area contributed by atoms with Crippen LogP contribution in [0, 0.1) is 18.6 Å². The zero-order valence-corrected chi connectivity index (χ0v) is 13.1. The van der Waals surface area contributed by atoms with Crippen LogP contribution in [0.5, 0.6) is 0 Å². The number of carbonyl (C=O) groups excluding carboxylic acids is 1. The van der Waals surface area contributed by atoms with E-state index in [0.717, 1.165) is 30.0 Å². The summed E-state index contributed by atoms with van der Waals surface area (Å²) < 4.78 is 26.9. The van der Waals surface area contributed by atoms with Crippen molar-refractivity contribution < 1.29 is 13.6 Å². The van der Waals surface area contributed by atoms with Gasteiger partial charge in [-0.05, 0) is 31.4 Å². The molecule has 1 amide bonds. The number of nitrogens with zero attached hydrogens (tertiary/aromatic N) is 1. The van der Waals surface area contributed by atoms with Gasteiger partial charge in [0.2, 0.25) is 5.91 Å². The molecule has 1 aliphatic carbocycles. The highest BCUT2D eigenvalue weighted by Crippen LogP contribution is 2.29. The molecule has 1 fully saturated rings. The van der Waals surface area contributed by atoms with Crippen molar-refractivity contribution in [1.82, 2.24) is 4.90 Å². The summed E-state index contributed by atoms with van der Waals surface area (Å²) in [6, 6.07) is 11.5. The van der Waals surface area contributed by atoms with Crippen LogP contribution in [0.4, 0.5) is 8.78 Å². The SMILES string of the molecule is Cc1ccc(CC(=O)N(Cc2ccc(F)cc2F)C2CC2)cc1. The number of amides is 1. The van der Waals surface area contributed by atoms with Gasteiger partial charge in [-0.25, -0.2) is 8.78 Å². The lowest BCUT2D eigenvalue weighted by atomic mass is 10.1. The number of hydrogen-bond acceptors (Lipinski definition) is 1. The van der Waals surface area contributed by atoms with E-state index in [1.165, 1.54) is 12.1 Å². The van der Waals surface area contributed by atoms with Gasteiger partial charge in [0.25, 0.3) is 0 Å². The van der Waals surface area contributed by atoms with Gasteiger partial charge in [-0.15, -0.1) is 0 Å². The van der Waals surface area contributed by atoms with E-state index in [2.05, 4.69) is 0 Å². The molecule has 3 rings (SSSR count). The van der Waals surface area contributed by atoms with Crippen molar-refractivity contribution in [2.75, 3.05) is 0 Å². The van der Waals surface area contributed by atoms with Crippen LogP contribution in [0.1, 0.15) is 29.5 Å². The van der Waals surface area contributed by atoms with Crippen molar-refractivity contribution in [3.63, 3.8) is 0 Å². The first-order valence-corrected chi connectivity index (χ1v) is 7.82. The molecule has 0 heterocycles. The summed E-state index contributed by atoms with van der Waals surface area (Å²) in [5.74, 6) is -1.21. The van der Waals surface area contributed by atoms with Gasteiger partial charge in [-0.3, -0.25) is 4.79 Å². The van der Waals surface area contributed by atoms with E-state index < -0.39 is 11.6 Å².